The number of ether oxygens (including phenoxy) is 2. The third-order valence-corrected chi connectivity index (χ3v) is 5.84. The van der Waals surface area contributed by atoms with Gasteiger partial charge in [0.25, 0.3) is 5.91 Å². The molecule has 1 atom stereocenters. The first-order chi connectivity index (χ1) is 15.0. The summed E-state index contributed by atoms with van der Waals surface area (Å²) in [6, 6.07) is 7.64. The molecular formula is C22H27FN4O4. The Bertz CT molecular complexity index is 908. The number of piperidine rings is 1. The summed E-state index contributed by atoms with van der Waals surface area (Å²) >= 11 is 0. The highest BCUT2D eigenvalue weighted by atomic mass is 19.1. The van der Waals surface area contributed by atoms with Crippen molar-refractivity contribution in [3.8, 4) is 5.75 Å². The van der Waals surface area contributed by atoms with Gasteiger partial charge in [-0.3, -0.25) is 14.3 Å². The van der Waals surface area contributed by atoms with Gasteiger partial charge in [-0.25, -0.2) is 4.39 Å². The molecule has 0 saturated carbocycles. The average Bonchev–Trinajstić information content (AvgIpc) is 3.28. The normalized spacial score (nSPS) is 20.2. The lowest BCUT2D eigenvalue weighted by Crippen LogP contribution is -2.56. The van der Waals surface area contributed by atoms with E-state index in [1.165, 1.54) is 12.1 Å². The molecule has 1 aromatic heterocycles. The van der Waals surface area contributed by atoms with Crippen LogP contribution in [0.4, 0.5) is 4.39 Å². The Balaban J connectivity index is 1.30. The zero-order chi connectivity index (χ0) is 21.8. The van der Waals surface area contributed by atoms with E-state index < -0.39 is 0 Å². The van der Waals surface area contributed by atoms with E-state index in [2.05, 4.69) is 5.10 Å². The van der Waals surface area contributed by atoms with Gasteiger partial charge in [0.15, 0.2) is 0 Å². The number of morpholine rings is 1. The fraction of sp³-hybridized carbons (Fsp3) is 0.500. The van der Waals surface area contributed by atoms with Crippen molar-refractivity contribution < 1.29 is 23.5 Å². The Morgan fingerprint density at radius 3 is 2.68 bits per heavy atom. The molecular weight excluding hydrogens is 403 g/mol. The highest BCUT2D eigenvalue weighted by Crippen LogP contribution is 2.22. The number of halogens is 1. The van der Waals surface area contributed by atoms with E-state index in [9.17, 15) is 14.0 Å². The predicted octanol–water partition coefficient (Wildman–Crippen LogP) is 1.95. The third kappa shape index (κ3) is 4.87. The van der Waals surface area contributed by atoms with Crippen LogP contribution in [0.15, 0.2) is 36.5 Å². The molecule has 1 unspecified atom stereocenters. The minimum absolute atomic E-state index is 0.0170. The number of hydrogen-bond acceptors (Lipinski definition) is 5. The fourth-order valence-corrected chi connectivity index (χ4v) is 4.13. The predicted molar refractivity (Wildman–Crippen MR) is 110 cm³/mol. The molecule has 2 fully saturated rings. The highest BCUT2D eigenvalue weighted by molar-refractivity contribution is 5.92. The summed E-state index contributed by atoms with van der Waals surface area (Å²) in [6.07, 6.45) is 2.85. The lowest BCUT2D eigenvalue weighted by atomic mass is 10.0. The zero-order valence-corrected chi connectivity index (χ0v) is 17.6. The molecule has 2 aliphatic rings. The second-order valence-electron chi connectivity index (χ2n) is 7.80. The molecule has 3 heterocycles. The van der Waals surface area contributed by atoms with Crippen molar-refractivity contribution in [2.45, 2.75) is 38.5 Å². The lowest BCUT2D eigenvalue weighted by Gasteiger charge is -2.42. The van der Waals surface area contributed by atoms with Crippen molar-refractivity contribution in [3.05, 3.63) is 48.0 Å². The number of hydrogen-bond donors (Lipinski definition) is 0. The summed E-state index contributed by atoms with van der Waals surface area (Å²) < 4.78 is 26.0. The average molecular weight is 430 g/mol. The molecule has 0 aliphatic carbocycles. The van der Waals surface area contributed by atoms with Gasteiger partial charge in [0, 0.05) is 31.9 Å². The van der Waals surface area contributed by atoms with Gasteiger partial charge in [-0.15, -0.1) is 0 Å². The molecule has 9 heteroatoms. The van der Waals surface area contributed by atoms with Gasteiger partial charge in [0.05, 0.1) is 6.54 Å². The number of nitrogens with zero attached hydrogens (tertiary/aromatic N) is 4. The van der Waals surface area contributed by atoms with Crippen LogP contribution in [0.5, 0.6) is 5.75 Å². The van der Waals surface area contributed by atoms with Crippen molar-refractivity contribution in [2.75, 3.05) is 32.8 Å². The van der Waals surface area contributed by atoms with Crippen LogP contribution in [0, 0.1) is 5.82 Å². The van der Waals surface area contributed by atoms with Gasteiger partial charge in [-0.1, -0.05) is 0 Å². The summed E-state index contributed by atoms with van der Waals surface area (Å²) in [5.41, 5.74) is 0.599. The Hall–Kier alpha value is -2.94. The maximum atomic E-state index is 13.0. The maximum absolute atomic E-state index is 13.0. The van der Waals surface area contributed by atoms with E-state index >= 15 is 0 Å². The van der Waals surface area contributed by atoms with E-state index in [1.807, 2.05) is 16.7 Å². The minimum atomic E-state index is -0.318. The van der Waals surface area contributed by atoms with Crippen LogP contribution in [0.1, 0.15) is 30.3 Å². The second kappa shape index (κ2) is 9.47. The van der Waals surface area contributed by atoms with Crippen molar-refractivity contribution in [1.29, 1.82) is 0 Å². The number of carbonyl (C=O) groups excluding carboxylic acids is 2. The van der Waals surface area contributed by atoms with E-state index in [1.54, 1.807) is 29.1 Å². The summed E-state index contributed by atoms with van der Waals surface area (Å²) in [6.45, 7) is 4.55. The van der Waals surface area contributed by atoms with Gasteiger partial charge in [0.1, 0.15) is 36.6 Å². The molecule has 2 saturated heterocycles. The van der Waals surface area contributed by atoms with E-state index in [4.69, 9.17) is 9.47 Å². The van der Waals surface area contributed by atoms with Gasteiger partial charge < -0.3 is 19.3 Å². The highest BCUT2D eigenvalue weighted by Gasteiger charge is 2.35. The molecule has 0 N–H and O–H groups in total. The van der Waals surface area contributed by atoms with Crippen LogP contribution < -0.4 is 4.74 Å². The maximum Gasteiger partial charge on any atom is 0.272 e. The topological polar surface area (TPSA) is 76.9 Å². The zero-order valence-electron chi connectivity index (χ0n) is 17.6. The van der Waals surface area contributed by atoms with Gasteiger partial charge >= 0.3 is 0 Å². The molecule has 31 heavy (non-hydrogen) atoms. The van der Waals surface area contributed by atoms with Crippen LogP contribution in [0.2, 0.25) is 0 Å². The number of rotatable bonds is 6. The summed E-state index contributed by atoms with van der Waals surface area (Å²) in [5, 5.41) is 4.17. The quantitative estimate of drug-likeness (QED) is 0.700. The first-order valence-corrected chi connectivity index (χ1v) is 10.7. The molecule has 2 aromatic rings. The molecule has 2 amide bonds. The number of amides is 2. The Labute approximate surface area is 180 Å². The Morgan fingerprint density at radius 2 is 1.97 bits per heavy atom. The van der Waals surface area contributed by atoms with Crippen LogP contribution in [-0.4, -0.2) is 76.4 Å². The number of carbonyl (C=O) groups is 2. The fourth-order valence-electron chi connectivity index (χ4n) is 4.13. The van der Waals surface area contributed by atoms with Crippen LogP contribution in [-0.2, 0) is 16.1 Å². The SMILES string of the molecule is CCn1nccc1C(=O)N1CCC(N2CC(COc3ccc(F)cc3)OCC2=O)CC1. The molecule has 0 bridgehead atoms. The van der Waals surface area contributed by atoms with Crippen molar-refractivity contribution in [1.82, 2.24) is 19.6 Å². The van der Waals surface area contributed by atoms with E-state index in [-0.39, 0.29) is 43.0 Å². The second-order valence-corrected chi connectivity index (χ2v) is 7.80. The minimum Gasteiger partial charge on any atom is -0.491 e. The van der Waals surface area contributed by atoms with Gasteiger partial charge in [-0.2, -0.15) is 5.10 Å². The van der Waals surface area contributed by atoms with Crippen molar-refractivity contribution in [2.24, 2.45) is 0 Å². The summed E-state index contributed by atoms with van der Waals surface area (Å²) in [7, 11) is 0. The van der Waals surface area contributed by atoms with Crippen LogP contribution in [0.25, 0.3) is 0 Å². The van der Waals surface area contributed by atoms with Gasteiger partial charge in [0.2, 0.25) is 5.91 Å². The number of aromatic nitrogens is 2. The standard InChI is InChI=1S/C22H27FN4O4/c1-2-27-20(7-10-24-27)22(29)25-11-8-17(9-12-25)26-13-19(31-15-21(26)28)14-30-18-5-3-16(23)4-6-18/h3-7,10,17,19H,2,8-9,11-15H2,1H3. The molecule has 8 nitrogen and oxygen atoms in total. The van der Waals surface area contributed by atoms with Crippen LogP contribution in [0.3, 0.4) is 0 Å². The lowest BCUT2D eigenvalue weighted by molar-refractivity contribution is -0.155. The number of likely N-dealkylation sites (tertiary alicyclic amines) is 1. The Morgan fingerprint density at radius 1 is 1.23 bits per heavy atom. The molecule has 166 valence electrons. The van der Waals surface area contributed by atoms with Gasteiger partial charge in [-0.05, 0) is 50.1 Å². The third-order valence-electron chi connectivity index (χ3n) is 5.84. The van der Waals surface area contributed by atoms with Crippen molar-refractivity contribution >= 4 is 11.8 Å². The Kier molecular flexibility index (Phi) is 6.50. The van der Waals surface area contributed by atoms with Crippen LogP contribution >= 0.6 is 0 Å². The molecule has 0 spiro atoms. The molecule has 0 radical (unpaired) electrons. The molecule has 4 rings (SSSR count). The summed E-state index contributed by atoms with van der Waals surface area (Å²) in [5.74, 6) is 0.192. The van der Waals surface area contributed by atoms with E-state index in [0.717, 1.165) is 12.8 Å². The largest absolute Gasteiger partial charge is 0.491 e. The summed E-state index contributed by atoms with van der Waals surface area (Å²) in [4.78, 5) is 29.0. The first kappa shape index (κ1) is 21.3. The smallest absolute Gasteiger partial charge is 0.272 e. The monoisotopic (exact) mass is 430 g/mol. The number of benzene rings is 1. The first-order valence-electron chi connectivity index (χ1n) is 10.7. The number of aryl methyl sites for hydroxylation is 1. The molecule has 2 aliphatic heterocycles. The van der Waals surface area contributed by atoms with E-state index in [0.29, 0.717) is 37.6 Å². The molecule has 1 aromatic carbocycles. The van der Waals surface area contributed by atoms with Crippen molar-refractivity contribution in [3.63, 3.8) is 0 Å².